The molecular weight excluding hydrogens is 211 g/mol. The lowest BCUT2D eigenvalue weighted by Gasteiger charge is -2.14. The summed E-state index contributed by atoms with van der Waals surface area (Å²) < 4.78 is 36.2. The van der Waals surface area contributed by atoms with Crippen molar-refractivity contribution in [2.45, 2.75) is 0 Å². The Morgan fingerprint density at radius 1 is 1.00 bits per heavy atom. The normalized spacial score (nSPS) is 11.8. The molecule has 0 saturated carbocycles. The maximum absolute atomic E-state index is 12.1. The van der Waals surface area contributed by atoms with E-state index in [1.807, 2.05) is 0 Å². The summed E-state index contributed by atoms with van der Waals surface area (Å²) in [7, 11) is 0. The summed E-state index contributed by atoms with van der Waals surface area (Å²) in [5.74, 6) is 0. The Labute approximate surface area is 77.3 Å². The van der Waals surface area contributed by atoms with Gasteiger partial charge in [-0.25, -0.2) is 0 Å². The van der Waals surface area contributed by atoms with Gasteiger partial charge in [0.05, 0.1) is 10.0 Å². The summed E-state index contributed by atoms with van der Waals surface area (Å²) in [5.41, 5.74) is -0.732. The summed E-state index contributed by atoms with van der Waals surface area (Å²) in [6.07, 6.45) is 0. The highest BCUT2D eigenvalue weighted by molar-refractivity contribution is 6.73. The topological polar surface area (TPSA) is 0 Å². The highest BCUT2D eigenvalue weighted by Gasteiger charge is 2.25. The second kappa shape index (κ2) is 3.19. The largest absolute Gasteiger partial charge is 0.509 e. The zero-order chi connectivity index (χ0) is 9.35. The van der Waals surface area contributed by atoms with E-state index in [1.165, 1.54) is 0 Å². The van der Waals surface area contributed by atoms with Crippen molar-refractivity contribution < 1.29 is 12.9 Å². The van der Waals surface area contributed by atoms with Gasteiger partial charge in [-0.2, -0.15) is 0 Å². The van der Waals surface area contributed by atoms with Crippen LogP contribution in [-0.4, -0.2) is 6.98 Å². The molecule has 12 heavy (non-hydrogen) atoms. The van der Waals surface area contributed by atoms with E-state index < -0.39 is 12.4 Å². The van der Waals surface area contributed by atoms with Crippen LogP contribution < -0.4 is 5.46 Å². The summed E-state index contributed by atoms with van der Waals surface area (Å²) in [6, 6.07) is 2.87. The zero-order valence-corrected chi connectivity index (χ0v) is 7.21. The van der Waals surface area contributed by atoms with Crippen LogP contribution in [-0.2, 0) is 0 Å². The van der Waals surface area contributed by atoms with Gasteiger partial charge in [0.2, 0.25) is 0 Å². The minimum atomic E-state index is -4.98. The van der Waals surface area contributed by atoms with E-state index in [0.717, 1.165) is 18.2 Å². The second-order valence-electron chi connectivity index (χ2n) is 2.25. The van der Waals surface area contributed by atoms with Crippen molar-refractivity contribution in [3.63, 3.8) is 0 Å². The molecular formula is C6H3BCl2F3-. The molecule has 0 atom stereocenters. The van der Waals surface area contributed by atoms with Gasteiger partial charge in [-0.05, 0) is 6.07 Å². The van der Waals surface area contributed by atoms with Crippen LogP contribution in [0.25, 0.3) is 0 Å². The Balaban J connectivity index is 3.14. The number of halogens is 5. The molecule has 0 aromatic heterocycles. The molecule has 66 valence electrons. The predicted molar refractivity (Wildman–Crippen MR) is 45.2 cm³/mol. The molecule has 1 aromatic carbocycles. The Kier molecular flexibility index (Phi) is 2.59. The van der Waals surface area contributed by atoms with Crippen molar-refractivity contribution in [1.82, 2.24) is 0 Å². The van der Waals surface area contributed by atoms with Crippen molar-refractivity contribution in [1.29, 1.82) is 0 Å². The fraction of sp³-hybridized carbons (Fsp3) is 0. The van der Waals surface area contributed by atoms with Gasteiger partial charge >= 0.3 is 6.98 Å². The van der Waals surface area contributed by atoms with Crippen LogP contribution in [0.1, 0.15) is 0 Å². The molecule has 0 heterocycles. The van der Waals surface area contributed by atoms with Gasteiger partial charge in [0.15, 0.2) is 0 Å². The molecule has 0 aliphatic rings. The van der Waals surface area contributed by atoms with Crippen molar-refractivity contribution in [2.75, 3.05) is 0 Å². The molecule has 0 aliphatic heterocycles. The number of benzene rings is 1. The van der Waals surface area contributed by atoms with Gasteiger partial charge in [-0.1, -0.05) is 35.3 Å². The van der Waals surface area contributed by atoms with Crippen molar-refractivity contribution in [3.05, 3.63) is 28.2 Å². The van der Waals surface area contributed by atoms with Crippen LogP contribution >= 0.6 is 23.2 Å². The fourth-order valence-electron chi connectivity index (χ4n) is 0.716. The van der Waals surface area contributed by atoms with Gasteiger partial charge in [0.1, 0.15) is 0 Å². The van der Waals surface area contributed by atoms with Crippen molar-refractivity contribution in [3.8, 4) is 0 Å². The molecule has 6 heteroatoms. The minimum Gasteiger partial charge on any atom is -0.445 e. The van der Waals surface area contributed by atoms with Crippen LogP contribution in [0.15, 0.2) is 18.2 Å². The Morgan fingerprint density at radius 2 is 1.58 bits per heavy atom. The first-order valence-corrected chi connectivity index (χ1v) is 3.82. The van der Waals surface area contributed by atoms with Crippen LogP contribution in [0.5, 0.6) is 0 Å². The average Bonchev–Trinajstić information content (AvgIpc) is 1.92. The minimum absolute atomic E-state index is 0.0756. The van der Waals surface area contributed by atoms with E-state index in [-0.39, 0.29) is 10.0 Å². The second-order valence-corrected chi connectivity index (χ2v) is 3.06. The summed E-state index contributed by atoms with van der Waals surface area (Å²) >= 11 is 10.8. The lowest BCUT2D eigenvalue weighted by molar-refractivity contribution is 0.501. The monoisotopic (exact) mass is 213 g/mol. The average molecular weight is 214 g/mol. The van der Waals surface area contributed by atoms with Crippen LogP contribution in [0.2, 0.25) is 10.0 Å². The van der Waals surface area contributed by atoms with Crippen LogP contribution in [0, 0.1) is 0 Å². The first-order valence-electron chi connectivity index (χ1n) is 3.06. The van der Waals surface area contributed by atoms with E-state index in [9.17, 15) is 12.9 Å². The summed E-state index contributed by atoms with van der Waals surface area (Å²) in [5, 5.41) is 0.0498. The van der Waals surface area contributed by atoms with Crippen molar-refractivity contribution >= 4 is 35.6 Å². The van der Waals surface area contributed by atoms with Gasteiger partial charge < -0.3 is 12.9 Å². The lowest BCUT2D eigenvalue weighted by atomic mass is 9.80. The van der Waals surface area contributed by atoms with Crippen molar-refractivity contribution in [2.24, 2.45) is 0 Å². The van der Waals surface area contributed by atoms with Gasteiger partial charge in [-0.15, -0.1) is 5.46 Å². The van der Waals surface area contributed by atoms with E-state index in [1.54, 1.807) is 0 Å². The third-order valence-corrected chi connectivity index (χ3v) is 2.06. The molecule has 0 amide bonds. The molecule has 0 fully saturated rings. The highest BCUT2D eigenvalue weighted by Crippen LogP contribution is 2.21. The van der Waals surface area contributed by atoms with Gasteiger partial charge in [0.25, 0.3) is 0 Å². The maximum Gasteiger partial charge on any atom is 0.509 e. The van der Waals surface area contributed by atoms with Crippen LogP contribution in [0.4, 0.5) is 12.9 Å². The molecule has 1 aromatic rings. The molecule has 1 rings (SSSR count). The molecule has 0 saturated heterocycles. The van der Waals surface area contributed by atoms with E-state index in [4.69, 9.17) is 23.2 Å². The lowest BCUT2D eigenvalue weighted by Crippen LogP contribution is -2.33. The van der Waals surface area contributed by atoms with E-state index >= 15 is 0 Å². The molecule has 0 N–H and O–H groups in total. The van der Waals surface area contributed by atoms with Crippen LogP contribution in [0.3, 0.4) is 0 Å². The third kappa shape index (κ3) is 2.08. The van der Waals surface area contributed by atoms with Gasteiger partial charge in [0, 0.05) is 0 Å². The number of rotatable bonds is 1. The standard InChI is InChI=1S/C6H3BCl2F3/c8-5-2-1-4(3-6(5)9)7(10,11)12/h1-3H/q-1. The first-order chi connectivity index (χ1) is 5.41. The molecule has 0 spiro atoms. The van der Waals surface area contributed by atoms with E-state index in [2.05, 4.69) is 0 Å². The van der Waals surface area contributed by atoms with Gasteiger partial charge in [-0.3, -0.25) is 0 Å². The van der Waals surface area contributed by atoms with E-state index in [0.29, 0.717) is 0 Å². The predicted octanol–water partition coefficient (Wildman–Crippen LogP) is 3.05. The number of hydrogen-bond donors (Lipinski definition) is 0. The Bertz CT molecular complexity index is 297. The fourth-order valence-corrected chi connectivity index (χ4v) is 1.02. The summed E-state index contributed by atoms with van der Waals surface area (Å²) in [4.78, 5) is 0. The molecule has 0 aliphatic carbocycles. The molecule has 0 radical (unpaired) electrons. The smallest absolute Gasteiger partial charge is 0.445 e. The Morgan fingerprint density at radius 3 is 2.00 bits per heavy atom. The zero-order valence-electron chi connectivity index (χ0n) is 5.70. The third-order valence-electron chi connectivity index (χ3n) is 1.32. The summed E-state index contributed by atoms with van der Waals surface area (Å²) in [6.45, 7) is -4.98. The Hall–Kier alpha value is -0.345. The quantitative estimate of drug-likeness (QED) is 0.630. The first kappa shape index (κ1) is 9.74. The molecule has 0 nitrogen and oxygen atoms in total. The molecule has 0 bridgehead atoms. The SMILES string of the molecule is F[B-](F)(F)c1ccc(Cl)c(Cl)c1. The number of hydrogen-bond acceptors (Lipinski definition) is 0. The highest BCUT2D eigenvalue weighted by atomic mass is 35.5. The maximum atomic E-state index is 12.1. The molecule has 0 unspecified atom stereocenters.